The maximum absolute atomic E-state index is 12.2. The minimum absolute atomic E-state index is 0.208. The summed E-state index contributed by atoms with van der Waals surface area (Å²) in [6, 6.07) is 5.83. The third-order valence-corrected chi connectivity index (χ3v) is 4.47. The first kappa shape index (κ1) is 17.8. The molecule has 1 aromatic rings. The van der Waals surface area contributed by atoms with Crippen molar-refractivity contribution < 1.29 is 23.9 Å². The highest BCUT2D eigenvalue weighted by atomic mass is 16.6. The normalized spacial score (nSPS) is 20.7. The fraction of sp³-hybridized carbons (Fsp3) is 0.471. The van der Waals surface area contributed by atoms with Crippen LogP contribution in [-0.2, 0) is 20.7 Å². The number of methoxy groups -OCH3 is 1. The number of amides is 2. The van der Waals surface area contributed by atoms with E-state index in [9.17, 15) is 9.59 Å². The van der Waals surface area contributed by atoms with Gasteiger partial charge in [-0.05, 0) is 30.2 Å². The van der Waals surface area contributed by atoms with Crippen molar-refractivity contribution in [2.24, 2.45) is 5.16 Å². The summed E-state index contributed by atoms with van der Waals surface area (Å²) in [7, 11) is 4.76. The highest BCUT2D eigenvalue weighted by Crippen LogP contribution is 2.32. The lowest BCUT2D eigenvalue weighted by Crippen LogP contribution is -2.34. The van der Waals surface area contributed by atoms with Crippen molar-refractivity contribution in [3.05, 3.63) is 23.8 Å². The summed E-state index contributed by atoms with van der Waals surface area (Å²) in [6.07, 6.45) is 0.182. The molecule has 1 N–H and O–H groups in total. The van der Waals surface area contributed by atoms with Gasteiger partial charge in [-0.25, -0.2) is 9.59 Å². The van der Waals surface area contributed by atoms with Gasteiger partial charge < -0.3 is 24.5 Å². The van der Waals surface area contributed by atoms with Crippen molar-refractivity contribution >= 4 is 29.4 Å². The summed E-state index contributed by atoms with van der Waals surface area (Å²) in [6.45, 7) is 0.577. The van der Waals surface area contributed by atoms with Crippen LogP contribution in [0.2, 0.25) is 0 Å². The Hall–Kier alpha value is -2.97. The lowest BCUT2D eigenvalue weighted by molar-refractivity contribution is 0.132. The quantitative estimate of drug-likeness (QED) is 0.820. The summed E-state index contributed by atoms with van der Waals surface area (Å²) in [5.41, 5.74) is 2.94. The number of cyclic esters (lactones) is 1. The Morgan fingerprint density at radius 1 is 1.38 bits per heavy atom. The van der Waals surface area contributed by atoms with Crippen molar-refractivity contribution in [3.8, 4) is 0 Å². The van der Waals surface area contributed by atoms with Crippen LogP contribution in [0.15, 0.2) is 23.4 Å². The first-order chi connectivity index (χ1) is 12.5. The number of ether oxygens (including phenoxy) is 2. The molecule has 0 unspecified atom stereocenters. The molecule has 140 valence electrons. The zero-order valence-corrected chi connectivity index (χ0v) is 15.0. The fourth-order valence-corrected chi connectivity index (χ4v) is 3.14. The molecular formula is C17H22N4O5. The first-order valence-corrected chi connectivity index (χ1v) is 8.30. The number of nitrogens with zero attached hydrogens (tertiary/aromatic N) is 3. The van der Waals surface area contributed by atoms with E-state index in [1.54, 1.807) is 4.90 Å². The number of oxime groups is 1. The van der Waals surface area contributed by atoms with Crippen molar-refractivity contribution in [3.63, 3.8) is 0 Å². The van der Waals surface area contributed by atoms with Gasteiger partial charge in [0, 0.05) is 24.8 Å². The number of hydrogen-bond acceptors (Lipinski definition) is 6. The Morgan fingerprint density at radius 2 is 2.19 bits per heavy atom. The predicted octanol–water partition coefficient (Wildman–Crippen LogP) is 1.71. The van der Waals surface area contributed by atoms with Gasteiger partial charge in [-0.1, -0.05) is 5.16 Å². The molecule has 2 amide bonds. The van der Waals surface area contributed by atoms with Crippen LogP contribution in [0.25, 0.3) is 0 Å². The van der Waals surface area contributed by atoms with E-state index in [4.69, 9.17) is 9.57 Å². The number of anilines is 2. The Morgan fingerprint density at radius 3 is 2.92 bits per heavy atom. The molecular weight excluding hydrogens is 340 g/mol. The maximum atomic E-state index is 12.2. The SMILES string of the molecule is CO/N=C1\CCc2cc(N3C[C@H](CNC(=O)OC)OC3=O)ccc2N1C. The van der Waals surface area contributed by atoms with Crippen molar-refractivity contribution in [2.75, 3.05) is 44.2 Å². The maximum Gasteiger partial charge on any atom is 0.414 e. The van der Waals surface area contributed by atoms with E-state index in [2.05, 4.69) is 15.2 Å². The first-order valence-electron chi connectivity index (χ1n) is 8.30. The fourth-order valence-electron chi connectivity index (χ4n) is 3.14. The smallest absolute Gasteiger partial charge is 0.414 e. The third kappa shape index (κ3) is 3.51. The molecule has 1 atom stereocenters. The van der Waals surface area contributed by atoms with Crippen molar-refractivity contribution in [1.29, 1.82) is 0 Å². The van der Waals surface area contributed by atoms with E-state index in [1.165, 1.54) is 14.2 Å². The van der Waals surface area contributed by atoms with Crippen molar-refractivity contribution in [1.82, 2.24) is 5.32 Å². The Bertz CT molecular complexity index is 736. The van der Waals surface area contributed by atoms with Gasteiger partial charge in [0.05, 0.1) is 20.2 Å². The largest absolute Gasteiger partial charge is 0.453 e. The molecule has 1 saturated heterocycles. The molecule has 2 aliphatic rings. The summed E-state index contributed by atoms with van der Waals surface area (Å²) in [5, 5.41) is 6.58. The van der Waals surface area contributed by atoms with Crippen LogP contribution in [0.3, 0.4) is 0 Å². The molecule has 0 aliphatic carbocycles. The number of aryl methyl sites for hydroxylation is 1. The second-order valence-corrected chi connectivity index (χ2v) is 6.05. The number of hydrogen-bond donors (Lipinski definition) is 1. The summed E-state index contributed by atoms with van der Waals surface area (Å²) in [4.78, 5) is 31.8. The van der Waals surface area contributed by atoms with Gasteiger partial charge in [0.15, 0.2) is 0 Å². The zero-order chi connectivity index (χ0) is 18.7. The van der Waals surface area contributed by atoms with Gasteiger partial charge in [0.25, 0.3) is 0 Å². The molecule has 26 heavy (non-hydrogen) atoms. The monoisotopic (exact) mass is 362 g/mol. The number of carbonyl (C=O) groups is 2. The van der Waals surface area contributed by atoms with Crippen LogP contribution in [0.1, 0.15) is 12.0 Å². The van der Waals surface area contributed by atoms with Gasteiger partial charge in [0.2, 0.25) is 0 Å². The number of fused-ring (bicyclic) bond motifs is 1. The van der Waals surface area contributed by atoms with Gasteiger partial charge in [0.1, 0.15) is 19.0 Å². The van der Waals surface area contributed by atoms with Crippen LogP contribution < -0.4 is 15.1 Å². The summed E-state index contributed by atoms with van der Waals surface area (Å²) >= 11 is 0. The molecule has 3 rings (SSSR count). The van der Waals surface area contributed by atoms with Crippen LogP contribution in [0.5, 0.6) is 0 Å². The number of amidine groups is 1. The second-order valence-electron chi connectivity index (χ2n) is 6.05. The molecule has 0 spiro atoms. The minimum Gasteiger partial charge on any atom is -0.453 e. The van der Waals surface area contributed by atoms with Gasteiger partial charge in [-0.2, -0.15) is 0 Å². The second kappa shape index (κ2) is 7.51. The molecule has 2 heterocycles. The molecule has 2 aliphatic heterocycles. The number of benzene rings is 1. The summed E-state index contributed by atoms with van der Waals surface area (Å²) < 4.78 is 9.83. The molecule has 0 bridgehead atoms. The van der Waals surface area contributed by atoms with Crippen LogP contribution in [0.4, 0.5) is 21.0 Å². The van der Waals surface area contributed by atoms with Crippen LogP contribution >= 0.6 is 0 Å². The molecule has 9 heteroatoms. The molecule has 0 radical (unpaired) electrons. The highest BCUT2D eigenvalue weighted by Gasteiger charge is 2.33. The van der Waals surface area contributed by atoms with E-state index in [0.717, 1.165) is 35.6 Å². The topological polar surface area (TPSA) is 92.7 Å². The number of rotatable bonds is 4. The minimum atomic E-state index is -0.551. The lowest BCUT2D eigenvalue weighted by Gasteiger charge is -2.29. The molecule has 0 aromatic heterocycles. The Labute approximate surface area is 151 Å². The average Bonchev–Trinajstić information content (AvgIpc) is 3.02. The highest BCUT2D eigenvalue weighted by molar-refractivity contribution is 6.00. The molecule has 1 fully saturated rings. The molecule has 9 nitrogen and oxygen atoms in total. The summed E-state index contributed by atoms with van der Waals surface area (Å²) in [5.74, 6) is 0.863. The molecule has 0 saturated carbocycles. The van der Waals surface area contributed by atoms with Gasteiger partial charge in [-0.3, -0.25) is 4.90 Å². The lowest BCUT2D eigenvalue weighted by atomic mass is 10.0. The van der Waals surface area contributed by atoms with Gasteiger partial charge in [-0.15, -0.1) is 0 Å². The number of nitrogens with one attached hydrogen (secondary N) is 1. The van der Waals surface area contributed by atoms with Crippen LogP contribution in [-0.4, -0.2) is 58.5 Å². The predicted molar refractivity (Wildman–Crippen MR) is 95.6 cm³/mol. The number of alkyl carbamates (subject to hydrolysis) is 1. The third-order valence-electron chi connectivity index (χ3n) is 4.47. The van der Waals surface area contributed by atoms with E-state index >= 15 is 0 Å². The van der Waals surface area contributed by atoms with E-state index < -0.39 is 18.3 Å². The Kier molecular flexibility index (Phi) is 5.15. The van der Waals surface area contributed by atoms with E-state index in [-0.39, 0.29) is 6.54 Å². The van der Waals surface area contributed by atoms with Crippen molar-refractivity contribution in [2.45, 2.75) is 18.9 Å². The average molecular weight is 362 g/mol. The standard InChI is InChI=1S/C17H22N4O5/c1-20-14-6-5-12(8-11(14)4-7-15(20)19-25-3)21-10-13(26-17(21)23)9-18-16(22)24-2/h5-6,8,13H,4,7,9-10H2,1-3H3,(H,18,22)/b19-15+/t13-/m0/s1. The zero-order valence-electron chi connectivity index (χ0n) is 15.0. The van der Waals surface area contributed by atoms with Crippen LogP contribution in [0, 0.1) is 0 Å². The molecule has 1 aromatic carbocycles. The van der Waals surface area contributed by atoms with Gasteiger partial charge >= 0.3 is 12.2 Å². The van der Waals surface area contributed by atoms with E-state index in [0.29, 0.717) is 6.54 Å². The number of carbonyl (C=O) groups excluding carboxylic acids is 2. The Balaban J connectivity index is 1.72. The van der Waals surface area contributed by atoms with E-state index in [1.807, 2.05) is 30.1 Å².